The van der Waals surface area contributed by atoms with E-state index < -0.39 is 9.84 Å². The lowest BCUT2D eigenvalue weighted by Crippen LogP contribution is -2.09. The molecule has 0 N–H and O–H groups in total. The van der Waals surface area contributed by atoms with Crippen molar-refractivity contribution in [1.29, 1.82) is 0 Å². The molecule has 110 valence electrons. The third-order valence-corrected chi connectivity index (χ3v) is 6.64. The molecular weight excluding hydrogens is 292 g/mol. The highest BCUT2D eigenvalue weighted by molar-refractivity contribution is 7.92. The summed E-state index contributed by atoms with van der Waals surface area (Å²) in [6, 6.07) is 23.2. The van der Waals surface area contributed by atoms with Gasteiger partial charge in [-0.15, -0.1) is 0 Å². The van der Waals surface area contributed by atoms with Gasteiger partial charge in [-0.1, -0.05) is 60.7 Å². The van der Waals surface area contributed by atoms with E-state index in [1.165, 1.54) is 0 Å². The van der Waals surface area contributed by atoms with Crippen molar-refractivity contribution in [2.75, 3.05) is 0 Å². The van der Waals surface area contributed by atoms with E-state index in [-0.39, 0.29) is 11.2 Å². The molecule has 1 aliphatic carbocycles. The molecule has 0 aliphatic heterocycles. The molecule has 0 radical (unpaired) electrons. The van der Waals surface area contributed by atoms with Gasteiger partial charge in [-0.3, -0.25) is 0 Å². The average Bonchev–Trinajstić information content (AvgIpc) is 3.37. The van der Waals surface area contributed by atoms with Crippen molar-refractivity contribution in [3.8, 4) is 0 Å². The van der Waals surface area contributed by atoms with Crippen molar-refractivity contribution in [3.05, 3.63) is 78.4 Å². The van der Waals surface area contributed by atoms with Crippen LogP contribution in [0.2, 0.25) is 0 Å². The fraction of sp³-hybridized carbons (Fsp3) is 0.158. The molecule has 2 atom stereocenters. The maximum Gasteiger partial charge on any atom is 0.181 e. The Morgan fingerprint density at radius 1 is 0.773 bits per heavy atom. The second kappa shape index (κ2) is 4.96. The van der Waals surface area contributed by atoms with E-state index in [0.29, 0.717) is 4.90 Å². The molecule has 0 amide bonds. The minimum Gasteiger partial charge on any atom is -0.223 e. The van der Waals surface area contributed by atoms with Gasteiger partial charge in [0.2, 0.25) is 0 Å². The summed E-state index contributed by atoms with van der Waals surface area (Å²) in [6.07, 6.45) is 0.721. The zero-order valence-electron chi connectivity index (χ0n) is 12.0. The number of hydrogen-bond acceptors (Lipinski definition) is 2. The summed E-state index contributed by atoms with van der Waals surface area (Å²) in [7, 11) is -3.25. The molecule has 22 heavy (non-hydrogen) atoms. The minimum atomic E-state index is -3.25. The van der Waals surface area contributed by atoms with Crippen molar-refractivity contribution in [1.82, 2.24) is 0 Å². The second-order valence-electron chi connectivity index (χ2n) is 5.85. The Morgan fingerprint density at radius 3 is 2.23 bits per heavy atom. The fourth-order valence-corrected chi connectivity index (χ4v) is 5.03. The lowest BCUT2D eigenvalue weighted by Gasteiger charge is -2.06. The summed E-state index contributed by atoms with van der Waals surface area (Å²) >= 11 is 0. The summed E-state index contributed by atoms with van der Waals surface area (Å²) < 4.78 is 25.6. The number of sulfone groups is 1. The Bertz CT molecular complexity index is 930. The molecule has 0 unspecified atom stereocenters. The van der Waals surface area contributed by atoms with Crippen LogP contribution in [0.1, 0.15) is 17.9 Å². The van der Waals surface area contributed by atoms with Crippen LogP contribution in [0.5, 0.6) is 0 Å². The highest BCUT2D eigenvalue weighted by atomic mass is 32.2. The summed E-state index contributed by atoms with van der Waals surface area (Å²) in [5.41, 5.74) is 1.12. The average molecular weight is 308 g/mol. The number of rotatable bonds is 3. The van der Waals surface area contributed by atoms with E-state index in [9.17, 15) is 8.42 Å². The van der Waals surface area contributed by atoms with Crippen molar-refractivity contribution in [2.24, 2.45) is 0 Å². The molecule has 3 aromatic rings. The molecule has 0 bridgehead atoms. The van der Waals surface area contributed by atoms with Crippen LogP contribution in [0, 0.1) is 0 Å². The van der Waals surface area contributed by atoms with E-state index in [0.717, 1.165) is 22.8 Å². The first-order chi connectivity index (χ1) is 10.7. The largest absolute Gasteiger partial charge is 0.223 e. The monoisotopic (exact) mass is 308 g/mol. The smallest absolute Gasteiger partial charge is 0.181 e. The molecular formula is C19H16O2S. The second-order valence-corrected chi connectivity index (χ2v) is 8.01. The lowest BCUT2D eigenvalue weighted by molar-refractivity contribution is 0.594. The molecule has 0 spiro atoms. The molecule has 1 aliphatic rings. The van der Waals surface area contributed by atoms with Crippen LogP contribution in [-0.2, 0) is 9.84 Å². The highest BCUT2D eigenvalue weighted by Crippen LogP contribution is 2.48. The molecule has 2 nitrogen and oxygen atoms in total. The van der Waals surface area contributed by atoms with Crippen LogP contribution in [-0.4, -0.2) is 13.7 Å². The molecule has 0 aromatic heterocycles. The number of benzene rings is 3. The van der Waals surface area contributed by atoms with E-state index in [1.54, 1.807) is 12.1 Å². The van der Waals surface area contributed by atoms with E-state index >= 15 is 0 Å². The van der Waals surface area contributed by atoms with E-state index in [4.69, 9.17) is 0 Å². The summed E-state index contributed by atoms with van der Waals surface area (Å²) in [4.78, 5) is 0.439. The zero-order valence-corrected chi connectivity index (χ0v) is 12.8. The Hall–Kier alpha value is -2.13. The third-order valence-electron chi connectivity index (χ3n) is 4.41. The lowest BCUT2D eigenvalue weighted by atomic mass is 10.1. The molecule has 1 saturated carbocycles. The Kier molecular flexibility index (Phi) is 3.05. The third kappa shape index (κ3) is 2.22. The van der Waals surface area contributed by atoms with Gasteiger partial charge in [0, 0.05) is 5.92 Å². The maximum atomic E-state index is 12.8. The first kappa shape index (κ1) is 13.5. The van der Waals surface area contributed by atoms with Gasteiger partial charge in [-0.05, 0) is 34.9 Å². The Labute approximate surface area is 130 Å². The van der Waals surface area contributed by atoms with Crippen LogP contribution < -0.4 is 0 Å². The summed E-state index contributed by atoms with van der Waals surface area (Å²) in [5, 5.41) is 1.76. The zero-order chi connectivity index (χ0) is 15.2. The van der Waals surface area contributed by atoms with Crippen LogP contribution in [0.3, 0.4) is 0 Å². The van der Waals surface area contributed by atoms with Crippen LogP contribution in [0.15, 0.2) is 77.7 Å². The standard InChI is InChI=1S/C19H16O2S/c20-22(21,19-13-18(19)15-7-2-1-3-8-15)17-11-10-14-6-4-5-9-16(14)12-17/h1-12,18-19H,13H2/t18-,19+/m0/s1. The van der Waals surface area contributed by atoms with Crippen molar-refractivity contribution >= 4 is 20.6 Å². The first-order valence-corrected chi connectivity index (χ1v) is 8.98. The van der Waals surface area contributed by atoms with Gasteiger partial charge in [0.1, 0.15) is 0 Å². The Balaban J connectivity index is 1.69. The quantitative estimate of drug-likeness (QED) is 0.728. The minimum absolute atomic E-state index is 0.137. The summed E-state index contributed by atoms with van der Waals surface area (Å²) in [5.74, 6) is 0.137. The molecule has 3 heteroatoms. The SMILES string of the molecule is O=S(=O)(c1ccc2ccccc2c1)[C@@H]1C[C@H]1c1ccccc1. The molecule has 4 rings (SSSR count). The molecule has 3 aromatic carbocycles. The fourth-order valence-electron chi connectivity index (χ4n) is 3.08. The predicted molar refractivity (Wildman–Crippen MR) is 88.7 cm³/mol. The topological polar surface area (TPSA) is 34.1 Å². The maximum absolute atomic E-state index is 12.8. The number of fused-ring (bicyclic) bond motifs is 1. The van der Waals surface area contributed by atoms with E-state index in [1.807, 2.05) is 60.7 Å². The van der Waals surface area contributed by atoms with Gasteiger partial charge in [0.15, 0.2) is 9.84 Å². The van der Waals surface area contributed by atoms with Gasteiger partial charge >= 0.3 is 0 Å². The number of hydrogen-bond donors (Lipinski definition) is 0. The Morgan fingerprint density at radius 2 is 1.45 bits per heavy atom. The van der Waals surface area contributed by atoms with Crippen molar-refractivity contribution < 1.29 is 8.42 Å². The highest BCUT2D eigenvalue weighted by Gasteiger charge is 2.48. The molecule has 0 heterocycles. The van der Waals surface area contributed by atoms with Crippen LogP contribution in [0.4, 0.5) is 0 Å². The molecule has 1 fully saturated rings. The van der Waals surface area contributed by atoms with E-state index in [2.05, 4.69) is 0 Å². The van der Waals surface area contributed by atoms with Crippen LogP contribution >= 0.6 is 0 Å². The van der Waals surface area contributed by atoms with Crippen molar-refractivity contribution in [3.63, 3.8) is 0 Å². The van der Waals surface area contributed by atoms with Gasteiger partial charge in [-0.2, -0.15) is 0 Å². The van der Waals surface area contributed by atoms with Gasteiger partial charge < -0.3 is 0 Å². The van der Waals surface area contributed by atoms with Crippen LogP contribution in [0.25, 0.3) is 10.8 Å². The first-order valence-electron chi connectivity index (χ1n) is 7.44. The normalized spacial score (nSPS) is 20.9. The van der Waals surface area contributed by atoms with Gasteiger partial charge in [0.05, 0.1) is 10.1 Å². The summed E-state index contributed by atoms with van der Waals surface area (Å²) in [6.45, 7) is 0. The van der Waals surface area contributed by atoms with Crippen molar-refractivity contribution in [2.45, 2.75) is 22.5 Å². The van der Waals surface area contributed by atoms with Gasteiger partial charge in [0.25, 0.3) is 0 Å². The molecule has 0 saturated heterocycles. The predicted octanol–water partition coefficient (Wildman–Crippen LogP) is 4.17. The van der Waals surface area contributed by atoms with Gasteiger partial charge in [-0.25, -0.2) is 8.42 Å².